The van der Waals surface area contributed by atoms with E-state index in [2.05, 4.69) is 5.32 Å². The van der Waals surface area contributed by atoms with Crippen LogP contribution >= 0.6 is 0 Å². The molecule has 0 aromatic heterocycles. The third-order valence-electron chi connectivity index (χ3n) is 2.77. The van der Waals surface area contributed by atoms with Crippen molar-refractivity contribution < 1.29 is 14.5 Å². The van der Waals surface area contributed by atoms with E-state index in [1.165, 1.54) is 18.2 Å². The number of nitro benzene ring substituents is 1. The molecule has 0 bridgehead atoms. The molecule has 0 saturated carbocycles. The smallest absolute Gasteiger partial charge is 0.271 e. The highest BCUT2D eigenvalue weighted by atomic mass is 16.6. The van der Waals surface area contributed by atoms with E-state index in [1.54, 1.807) is 13.2 Å². The molecule has 0 heterocycles. The van der Waals surface area contributed by atoms with Crippen molar-refractivity contribution in [1.29, 1.82) is 0 Å². The molecule has 1 N–H and O–H groups in total. The molecule has 1 rings (SSSR count). The molecule has 0 aliphatic carbocycles. The van der Waals surface area contributed by atoms with E-state index in [0.29, 0.717) is 18.8 Å². The summed E-state index contributed by atoms with van der Waals surface area (Å²) in [7, 11) is 1.61. The number of benzene rings is 1. The lowest BCUT2D eigenvalue weighted by Crippen LogP contribution is -2.35. The van der Waals surface area contributed by atoms with Gasteiger partial charge in [0.05, 0.1) is 18.1 Å². The van der Waals surface area contributed by atoms with Crippen molar-refractivity contribution in [2.24, 2.45) is 0 Å². The Hall–Kier alpha value is -1.99. The molecule has 7 nitrogen and oxygen atoms in total. The summed E-state index contributed by atoms with van der Waals surface area (Å²) in [5.41, 5.74) is 0.376. The van der Waals surface area contributed by atoms with Crippen molar-refractivity contribution in [3.8, 4) is 0 Å². The molecule has 110 valence electrons. The van der Waals surface area contributed by atoms with Gasteiger partial charge >= 0.3 is 0 Å². The van der Waals surface area contributed by atoms with Crippen LogP contribution in [0.5, 0.6) is 0 Å². The monoisotopic (exact) mass is 281 g/mol. The Morgan fingerprint density at radius 1 is 1.50 bits per heavy atom. The predicted octanol–water partition coefficient (Wildman–Crippen LogP) is 1.50. The molecule has 0 saturated heterocycles. The molecule has 0 aliphatic rings. The molecule has 7 heteroatoms. The van der Waals surface area contributed by atoms with Gasteiger partial charge in [-0.1, -0.05) is 13.0 Å². The summed E-state index contributed by atoms with van der Waals surface area (Å²) in [6, 6.07) is 5.88. The van der Waals surface area contributed by atoms with Crippen LogP contribution in [-0.4, -0.2) is 49.1 Å². The molecule has 20 heavy (non-hydrogen) atoms. The van der Waals surface area contributed by atoms with Gasteiger partial charge in [-0.25, -0.2) is 0 Å². The maximum atomic E-state index is 11.9. The molecule has 0 fully saturated rings. The number of nitrogens with zero attached hydrogens (tertiary/aromatic N) is 2. The fourth-order valence-corrected chi connectivity index (χ4v) is 1.67. The standard InChI is InChI=1S/C13H19N3O4/c1-3-15(7-8-20-2)10-13(17)14-11-5-4-6-12(9-11)16(18)19/h4-6,9H,3,7-8,10H2,1-2H3,(H,14,17). The molecule has 1 amide bonds. The summed E-state index contributed by atoms with van der Waals surface area (Å²) in [6.07, 6.45) is 0. The first kappa shape index (κ1) is 16.1. The van der Waals surface area contributed by atoms with Crippen LogP contribution in [0.25, 0.3) is 0 Å². The zero-order valence-corrected chi connectivity index (χ0v) is 11.7. The highest BCUT2D eigenvalue weighted by Crippen LogP contribution is 2.16. The number of carbonyl (C=O) groups excluding carboxylic acids is 1. The van der Waals surface area contributed by atoms with Crippen molar-refractivity contribution in [3.05, 3.63) is 34.4 Å². The van der Waals surface area contributed by atoms with E-state index < -0.39 is 4.92 Å². The van der Waals surface area contributed by atoms with Crippen LogP contribution < -0.4 is 5.32 Å². The van der Waals surface area contributed by atoms with Gasteiger partial charge < -0.3 is 10.1 Å². The van der Waals surface area contributed by atoms with Gasteiger partial charge in [0.1, 0.15) is 0 Å². The molecule has 0 atom stereocenters. The fourth-order valence-electron chi connectivity index (χ4n) is 1.67. The van der Waals surface area contributed by atoms with Crippen molar-refractivity contribution in [3.63, 3.8) is 0 Å². The Labute approximate surface area is 117 Å². The second-order valence-corrected chi connectivity index (χ2v) is 4.22. The largest absolute Gasteiger partial charge is 0.383 e. The molecule has 1 aromatic rings. The molecule has 0 aliphatic heterocycles. The lowest BCUT2D eigenvalue weighted by Gasteiger charge is -2.19. The van der Waals surface area contributed by atoms with E-state index >= 15 is 0 Å². The van der Waals surface area contributed by atoms with E-state index in [-0.39, 0.29) is 18.1 Å². The molecule has 1 aromatic carbocycles. The first-order valence-corrected chi connectivity index (χ1v) is 6.32. The Bertz CT molecular complexity index is 465. The normalized spacial score (nSPS) is 10.6. The zero-order valence-electron chi connectivity index (χ0n) is 11.7. The Morgan fingerprint density at radius 2 is 2.25 bits per heavy atom. The van der Waals surface area contributed by atoms with Gasteiger partial charge in [-0.3, -0.25) is 19.8 Å². The van der Waals surface area contributed by atoms with Crippen LogP contribution in [0.2, 0.25) is 0 Å². The van der Waals surface area contributed by atoms with Crippen molar-refractivity contribution in [2.45, 2.75) is 6.92 Å². The number of amides is 1. The van der Waals surface area contributed by atoms with Gasteiger partial charge in [0.15, 0.2) is 0 Å². The van der Waals surface area contributed by atoms with Gasteiger partial charge in [-0.15, -0.1) is 0 Å². The molecule has 0 spiro atoms. The van der Waals surface area contributed by atoms with E-state index in [0.717, 1.165) is 6.54 Å². The third-order valence-corrected chi connectivity index (χ3v) is 2.77. The number of likely N-dealkylation sites (N-methyl/N-ethyl adjacent to an activating group) is 1. The minimum Gasteiger partial charge on any atom is -0.383 e. The van der Waals surface area contributed by atoms with Crippen LogP contribution in [0.4, 0.5) is 11.4 Å². The first-order chi connectivity index (χ1) is 9.56. The van der Waals surface area contributed by atoms with E-state index in [1.807, 2.05) is 11.8 Å². The predicted molar refractivity (Wildman–Crippen MR) is 75.7 cm³/mol. The number of anilines is 1. The first-order valence-electron chi connectivity index (χ1n) is 6.32. The van der Waals surface area contributed by atoms with Crippen LogP contribution in [0.1, 0.15) is 6.92 Å². The summed E-state index contributed by atoms with van der Waals surface area (Å²) in [5, 5.41) is 13.3. The Morgan fingerprint density at radius 3 is 2.85 bits per heavy atom. The second kappa shape index (κ2) is 8.23. The third kappa shape index (κ3) is 5.33. The minimum absolute atomic E-state index is 0.0467. The van der Waals surface area contributed by atoms with E-state index in [9.17, 15) is 14.9 Å². The fraction of sp³-hybridized carbons (Fsp3) is 0.462. The highest BCUT2D eigenvalue weighted by molar-refractivity contribution is 5.92. The highest BCUT2D eigenvalue weighted by Gasteiger charge is 2.11. The second-order valence-electron chi connectivity index (χ2n) is 4.22. The number of hydrogen-bond donors (Lipinski definition) is 1. The average molecular weight is 281 g/mol. The summed E-state index contributed by atoms with van der Waals surface area (Å²) in [4.78, 5) is 23.9. The molecular weight excluding hydrogens is 262 g/mol. The lowest BCUT2D eigenvalue weighted by molar-refractivity contribution is -0.384. The number of nitro groups is 1. The maximum Gasteiger partial charge on any atom is 0.271 e. The van der Waals surface area contributed by atoms with Gasteiger partial charge in [0.25, 0.3) is 5.69 Å². The number of hydrogen-bond acceptors (Lipinski definition) is 5. The minimum atomic E-state index is -0.493. The maximum absolute atomic E-state index is 11.9. The number of rotatable bonds is 8. The molecule has 0 unspecified atom stereocenters. The summed E-state index contributed by atoms with van der Waals surface area (Å²) in [5.74, 6) is -0.205. The topological polar surface area (TPSA) is 84.7 Å². The number of carbonyl (C=O) groups is 1. The van der Waals surface area contributed by atoms with Gasteiger partial charge in [0.2, 0.25) is 5.91 Å². The number of non-ortho nitro benzene ring substituents is 1. The van der Waals surface area contributed by atoms with Gasteiger partial charge in [0, 0.05) is 31.5 Å². The number of ether oxygens (including phenoxy) is 1. The van der Waals surface area contributed by atoms with Crippen molar-refractivity contribution in [2.75, 3.05) is 38.7 Å². The summed E-state index contributed by atoms with van der Waals surface area (Å²) < 4.78 is 4.97. The van der Waals surface area contributed by atoms with Gasteiger partial charge in [-0.05, 0) is 12.6 Å². The molecular formula is C13H19N3O4. The Kier molecular flexibility index (Phi) is 6.61. The summed E-state index contributed by atoms with van der Waals surface area (Å²) in [6.45, 7) is 4.12. The van der Waals surface area contributed by atoms with Crippen molar-refractivity contribution >= 4 is 17.3 Å². The van der Waals surface area contributed by atoms with E-state index in [4.69, 9.17) is 4.74 Å². The van der Waals surface area contributed by atoms with Gasteiger partial charge in [-0.2, -0.15) is 0 Å². The summed E-state index contributed by atoms with van der Waals surface area (Å²) >= 11 is 0. The van der Waals surface area contributed by atoms with Crippen LogP contribution in [0.15, 0.2) is 24.3 Å². The number of methoxy groups -OCH3 is 1. The SMILES string of the molecule is CCN(CCOC)CC(=O)Nc1cccc([N+](=O)[O-])c1. The quantitative estimate of drug-likeness (QED) is 0.576. The molecule has 0 radical (unpaired) electrons. The van der Waals surface area contributed by atoms with Crippen molar-refractivity contribution in [1.82, 2.24) is 4.90 Å². The Balaban J connectivity index is 2.57. The lowest BCUT2D eigenvalue weighted by atomic mass is 10.3. The number of nitrogens with one attached hydrogen (secondary N) is 1. The zero-order chi connectivity index (χ0) is 15.0. The van der Waals surface area contributed by atoms with Crippen LogP contribution in [0, 0.1) is 10.1 Å². The van der Waals surface area contributed by atoms with Crippen LogP contribution in [-0.2, 0) is 9.53 Å². The van der Waals surface area contributed by atoms with Crippen LogP contribution in [0.3, 0.4) is 0 Å². The average Bonchev–Trinajstić information content (AvgIpc) is 2.43.